The minimum Gasteiger partial charge on any atom is -0.325 e. The Labute approximate surface area is 166 Å². The van der Waals surface area contributed by atoms with Crippen LogP contribution in [-0.4, -0.2) is 21.7 Å². The molecule has 2 aromatic carbocycles. The normalized spacial score (nSPS) is 11.6. The third-order valence-electron chi connectivity index (χ3n) is 3.95. The van der Waals surface area contributed by atoms with Gasteiger partial charge in [-0.1, -0.05) is 54.2 Å². The number of ketones is 1. The van der Waals surface area contributed by atoms with Crippen molar-refractivity contribution in [2.75, 3.05) is 5.32 Å². The van der Waals surface area contributed by atoms with E-state index in [1.165, 1.54) is 13.0 Å². The molecular formula is C21H19N3O3S. The number of thioether (sulfide) groups is 1. The molecule has 3 rings (SSSR count). The number of benzene rings is 2. The van der Waals surface area contributed by atoms with E-state index in [1.54, 1.807) is 31.2 Å². The minimum absolute atomic E-state index is 0.0772. The molecule has 142 valence electrons. The Hall–Kier alpha value is -3.19. The van der Waals surface area contributed by atoms with Gasteiger partial charge in [-0.2, -0.15) is 0 Å². The molecule has 2 N–H and O–H groups in total. The van der Waals surface area contributed by atoms with Crippen LogP contribution in [-0.2, 0) is 4.79 Å². The Morgan fingerprint density at radius 3 is 2.50 bits per heavy atom. The van der Waals surface area contributed by atoms with Crippen molar-refractivity contribution in [2.45, 2.75) is 24.3 Å². The molecule has 1 atom stereocenters. The smallest absolute Gasteiger partial charge is 0.251 e. The molecule has 0 unspecified atom stereocenters. The number of aryl methyl sites for hydroxylation is 1. The highest BCUT2D eigenvalue weighted by Gasteiger charge is 2.23. The number of rotatable bonds is 6. The average Bonchev–Trinajstić information content (AvgIpc) is 2.66. The van der Waals surface area contributed by atoms with Crippen molar-refractivity contribution in [3.8, 4) is 0 Å². The molecule has 0 saturated carbocycles. The van der Waals surface area contributed by atoms with Gasteiger partial charge in [-0.05, 0) is 31.5 Å². The third-order valence-corrected chi connectivity index (χ3v) is 5.09. The van der Waals surface area contributed by atoms with Gasteiger partial charge >= 0.3 is 0 Å². The van der Waals surface area contributed by atoms with Crippen molar-refractivity contribution < 1.29 is 9.59 Å². The number of anilines is 1. The molecule has 0 spiro atoms. The quantitative estimate of drug-likeness (QED) is 0.378. The number of H-pyrrole nitrogens is 1. The first kappa shape index (κ1) is 19.6. The fourth-order valence-corrected chi connectivity index (χ4v) is 3.68. The Bertz CT molecular complexity index is 1060. The number of aromatic nitrogens is 2. The lowest BCUT2D eigenvalue weighted by Gasteiger charge is -2.17. The maximum Gasteiger partial charge on any atom is 0.251 e. The van der Waals surface area contributed by atoms with Gasteiger partial charge < -0.3 is 10.3 Å². The standard InChI is InChI=1S/C21H19N3O3S/c1-13-11-18(26)24-21(22-13)28-19(15-7-4-3-5-8-15)20(27)23-17-10-6-9-16(12-17)14(2)25/h3-12,19H,1-2H3,(H,23,27)(H,22,24,26)/t19-/m1/s1. The molecule has 7 heteroatoms. The van der Waals surface area contributed by atoms with E-state index in [1.807, 2.05) is 30.3 Å². The van der Waals surface area contributed by atoms with E-state index in [9.17, 15) is 14.4 Å². The van der Waals surface area contributed by atoms with Crippen LogP contribution < -0.4 is 10.9 Å². The molecule has 0 radical (unpaired) electrons. The first-order valence-corrected chi connectivity index (χ1v) is 9.52. The number of carbonyl (C=O) groups is 2. The second-order valence-electron chi connectivity index (χ2n) is 6.23. The van der Waals surface area contributed by atoms with Crippen molar-refractivity contribution in [1.29, 1.82) is 0 Å². The van der Waals surface area contributed by atoms with Gasteiger partial charge in [0, 0.05) is 23.0 Å². The fraction of sp³-hybridized carbons (Fsp3) is 0.143. The predicted molar refractivity (Wildman–Crippen MR) is 110 cm³/mol. The molecule has 0 aliphatic heterocycles. The summed E-state index contributed by atoms with van der Waals surface area (Å²) in [5.41, 5.74) is 2.14. The monoisotopic (exact) mass is 393 g/mol. The molecule has 0 aliphatic rings. The molecule has 0 aliphatic carbocycles. The highest BCUT2D eigenvalue weighted by Crippen LogP contribution is 2.34. The maximum atomic E-state index is 13.0. The molecule has 3 aromatic rings. The summed E-state index contributed by atoms with van der Waals surface area (Å²) in [7, 11) is 0. The summed E-state index contributed by atoms with van der Waals surface area (Å²) in [6, 6.07) is 17.4. The van der Waals surface area contributed by atoms with Crippen LogP contribution in [0.1, 0.15) is 33.8 Å². The van der Waals surface area contributed by atoms with E-state index in [0.717, 1.165) is 17.3 Å². The lowest BCUT2D eigenvalue weighted by atomic mass is 10.1. The summed E-state index contributed by atoms with van der Waals surface area (Å²) >= 11 is 1.16. The van der Waals surface area contributed by atoms with Crippen LogP contribution in [0.15, 0.2) is 70.6 Å². The number of nitrogens with zero attached hydrogens (tertiary/aromatic N) is 1. The Balaban J connectivity index is 1.90. The van der Waals surface area contributed by atoms with Gasteiger partial charge in [-0.15, -0.1) is 0 Å². The number of hydrogen-bond acceptors (Lipinski definition) is 5. The zero-order valence-electron chi connectivity index (χ0n) is 15.4. The topological polar surface area (TPSA) is 91.9 Å². The number of hydrogen-bond donors (Lipinski definition) is 2. The maximum absolute atomic E-state index is 13.0. The lowest BCUT2D eigenvalue weighted by Crippen LogP contribution is -2.20. The number of nitrogens with one attached hydrogen (secondary N) is 2. The summed E-state index contributed by atoms with van der Waals surface area (Å²) < 4.78 is 0. The summed E-state index contributed by atoms with van der Waals surface area (Å²) in [5.74, 6) is -0.354. The lowest BCUT2D eigenvalue weighted by molar-refractivity contribution is -0.115. The zero-order valence-corrected chi connectivity index (χ0v) is 16.2. The first-order valence-electron chi connectivity index (χ1n) is 8.64. The molecule has 1 aromatic heterocycles. The van der Waals surface area contributed by atoms with Gasteiger partial charge in [0.15, 0.2) is 10.9 Å². The number of amides is 1. The van der Waals surface area contributed by atoms with Crippen molar-refractivity contribution in [1.82, 2.24) is 9.97 Å². The van der Waals surface area contributed by atoms with E-state index in [4.69, 9.17) is 0 Å². The van der Waals surface area contributed by atoms with Crippen LogP contribution in [0.25, 0.3) is 0 Å². The van der Waals surface area contributed by atoms with E-state index in [0.29, 0.717) is 22.1 Å². The molecule has 1 amide bonds. The van der Waals surface area contributed by atoms with E-state index in [2.05, 4.69) is 15.3 Å². The highest BCUT2D eigenvalue weighted by molar-refractivity contribution is 8.00. The van der Waals surface area contributed by atoms with Crippen molar-refractivity contribution in [3.05, 3.63) is 87.8 Å². The molecular weight excluding hydrogens is 374 g/mol. The van der Waals surface area contributed by atoms with E-state index in [-0.39, 0.29) is 17.2 Å². The fourth-order valence-electron chi connectivity index (χ4n) is 2.64. The van der Waals surface area contributed by atoms with Crippen LogP contribution in [0, 0.1) is 6.92 Å². The van der Waals surface area contributed by atoms with Gasteiger partial charge in [-0.25, -0.2) is 4.98 Å². The Morgan fingerprint density at radius 1 is 1.07 bits per heavy atom. The van der Waals surface area contributed by atoms with Gasteiger partial charge in [0.1, 0.15) is 5.25 Å². The predicted octanol–water partition coefficient (Wildman–Crippen LogP) is 3.75. The molecule has 0 bridgehead atoms. The van der Waals surface area contributed by atoms with Crippen LogP contribution in [0.3, 0.4) is 0 Å². The zero-order chi connectivity index (χ0) is 20.1. The number of Topliss-reactive ketones (excluding diaryl/α,β-unsaturated/α-hetero) is 1. The number of aromatic amines is 1. The summed E-state index contributed by atoms with van der Waals surface area (Å²) in [6.45, 7) is 3.20. The minimum atomic E-state index is -0.632. The van der Waals surface area contributed by atoms with Gasteiger partial charge in [0.05, 0.1) is 0 Å². The van der Waals surface area contributed by atoms with Crippen LogP contribution in [0.4, 0.5) is 5.69 Å². The van der Waals surface area contributed by atoms with Crippen molar-refractivity contribution in [2.24, 2.45) is 0 Å². The SMILES string of the molecule is CC(=O)c1cccc(NC(=O)[C@H](Sc2nc(C)cc(=O)[nH]2)c2ccccc2)c1. The molecule has 1 heterocycles. The summed E-state index contributed by atoms with van der Waals surface area (Å²) in [4.78, 5) is 43.3. The second kappa shape index (κ2) is 8.67. The molecule has 0 fully saturated rings. The molecule has 28 heavy (non-hydrogen) atoms. The van der Waals surface area contributed by atoms with Crippen molar-refractivity contribution >= 4 is 29.1 Å². The first-order chi connectivity index (χ1) is 13.4. The van der Waals surface area contributed by atoms with Gasteiger partial charge in [0.2, 0.25) is 5.91 Å². The van der Waals surface area contributed by atoms with Gasteiger partial charge in [0.25, 0.3) is 5.56 Å². The van der Waals surface area contributed by atoms with Crippen LogP contribution >= 0.6 is 11.8 Å². The average molecular weight is 393 g/mol. The summed E-state index contributed by atoms with van der Waals surface area (Å²) in [5, 5.41) is 2.59. The highest BCUT2D eigenvalue weighted by atomic mass is 32.2. The number of carbonyl (C=O) groups excluding carboxylic acids is 2. The van der Waals surface area contributed by atoms with Crippen molar-refractivity contribution in [3.63, 3.8) is 0 Å². The van der Waals surface area contributed by atoms with Crippen LogP contribution in [0.5, 0.6) is 0 Å². The van der Waals surface area contributed by atoms with Gasteiger partial charge in [-0.3, -0.25) is 14.4 Å². The largest absolute Gasteiger partial charge is 0.325 e. The Kier molecular flexibility index (Phi) is 6.06. The molecule has 6 nitrogen and oxygen atoms in total. The third kappa shape index (κ3) is 4.95. The van der Waals surface area contributed by atoms with E-state index < -0.39 is 5.25 Å². The summed E-state index contributed by atoms with van der Waals surface area (Å²) in [6.07, 6.45) is 0. The molecule has 0 saturated heterocycles. The Morgan fingerprint density at radius 2 is 1.82 bits per heavy atom. The second-order valence-corrected chi connectivity index (χ2v) is 7.32. The van der Waals surface area contributed by atoms with E-state index >= 15 is 0 Å². The van der Waals surface area contributed by atoms with Crippen LogP contribution in [0.2, 0.25) is 0 Å².